The number of nitrogens with one attached hydrogen (secondary N) is 2. The van der Waals surface area contributed by atoms with Crippen molar-refractivity contribution >= 4 is 34.5 Å². The van der Waals surface area contributed by atoms with Crippen molar-refractivity contribution in [1.82, 2.24) is 25.2 Å². The van der Waals surface area contributed by atoms with Crippen LogP contribution in [-0.2, 0) is 11.2 Å². The number of fused-ring (bicyclic) bond motifs is 2. The molecule has 2 aromatic heterocycles. The third-order valence-corrected chi connectivity index (χ3v) is 8.00. The van der Waals surface area contributed by atoms with Crippen LogP contribution in [0.4, 0.5) is 10.2 Å². The van der Waals surface area contributed by atoms with E-state index in [4.69, 9.17) is 9.72 Å². The van der Waals surface area contributed by atoms with Gasteiger partial charge in [0, 0.05) is 29.6 Å². The molecule has 5 rings (SSSR count). The quantitative estimate of drug-likeness (QED) is 0.321. The fourth-order valence-electron chi connectivity index (χ4n) is 4.81. The van der Waals surface area contributed by atoms with E-state index in [0.29, 0.717) is 42.6 Å². The molecule has 37 heavy (non-hydrogen) atoms. The van der Waals surface area contributed by atoms with Gasteiger partial charge in [-0.1, -0.05) is 18.7 Å². The second kappa shape index (κ2) is 11.4. The predicted octanol–water partition coefficient (Wildman–Crippen LogP) is 4.06. The van der Waals surface area contributed by atoms with Gasteiger partial charge in [-0.3, -0.25) is 4.79 Å². The Morgan fingerprint density at radius 1 is 1.30 bits per heavy atom. The fourth-order valence-corrected chi connectivity index (χ4v) is 5.88. The van der Waals surface area contributed by atoms with E-state index in [0.717, 1.165) is 49.1 Å². The lowest BCUT2D eigenvalue weighted by Gasteiger charge is -2.20. The van der Waals surface area contributed by atoms with Crippen LogP contribution < -0.4 is 15.4 Å². The van der Waals surface area contributed by atoms with Crippen molar-refractivity contribution in [1.29, 1.82) is 0 Å². The number of pyridine rings is 1. The van der Waals surface area contributed by atoms with Crippen LogP contribution >= 0.6 is 11.8 Å². The summed E-state index contributed by atoms with van der Waals surface area (Å²) in [6.07, 6.45) is 5.36. The highest BCUT2D eigenvalue weighted by Gasteiger charge is 2.23. The van der Waals surface area contributed by atoms with E-state index in [-0.39, 0.29) is 17.6 Å². The van der Waals surface area contributed by atoms with E-state index < -0.39 is 5.82 Å². The molecule has 2 aliphatic heterocycles. The van der Waals surface area contributed by atoms with Crippen molar-refractivity contribution < 1.29 is 13.9 Å². The zero-order valence-electron chi connectivity index (χ0n) is 20.9. The number of thioether (sulfide) groups is 1. The minimum Gasteiger partial charge on any atom is -0.462 e. The number of rotatable bonds is 9. The molecule has 0 aliphatic carbocycles. The number of anilines is 1. The number of ether oxygens (including phenoxy) is 1. The summed E-state index contributed by atoms with van der Waals surface area (Å²) >= 11 is 1.80. The number of benzene rings is 1. The van der Waals surface area contributed by atoms with E-state index in [1.165, 1.54) is 17.0 Å². The zero-order chi connectivity index (χ0) is 25.8. The Kier molecular flexibility index (Phi) is 7.85. The summed E-state index contributed by atoms with van der Waals surface area (Å²) in [5, 5.41) is 6.35. The van der Waals surface area contributed by atoms with Crippen LogP contribution in [0.15, 0.2) is 41.8 Å². The molecule has 8 nitrogen and oxygen atoms in total. The SMILES string of the molecule is C=CC(=O)NCCNc1nc(OC[C@@H]2CCCN2C)nc2nc(-c3cccc4c3CCCS4)c(F)cc12. The number of amides is 1. The molecule has 0 unspecified atom stereocenters. The van der Waals surface area contributed by atoms with Gasteiger partial charge in [-0.25, -0.2) is 9.37 Å². The number of nitrogens with zero attached hydrogens (tertiary/aromatic N) is 4. The second-order valence-electron chi connectivity index (χ2n) is 9.29. The molecule has 1 amide bonds. The smallest absolute Gasteiger partial charge is 0.320 e. The summed E-state index contributed by atoms with van der Waals surface area (Å²) in [4.78, 5) is 28.7. The van der Waals surface area contributed by atoms with Crippen LogP contribution in [0.25, 0.3) is 22.3 Å². The third kappa shape index (κ3) is 5.70. The molecule has 1 aromatic carbocycles. The molecular formula is C27H31FN6O2S. The second-order valence-corrected chi connectivity index (χ2v) is 10.4. The summed E-state index contributed by atoms with van der Waals surface area (Å²) in [7, 11) is 2.09. The Morgan fingerprint density at radius 3 is 3.00 bits per heavy atom. The molecule has 0 saturated carbocycles. The fraction of sp³-hybridized carbons (Fsp3) is 0.407. The van der Waals surface area contributed by atoms with Crippen molar-refractivity contribution in [2.45, 2.75) is 36.6 Å². The molecule has 194 valence electrons. The Hall–Kier alpha value is -3.24. The number of likely N-dealkylation sites (tertiary alicyclic amines) is 1. The highest BCUT2D eigenvalue weighted by molar-refractivity contribution is 7.99. The molecular weight excluding hydrogens is 491 g/mol. The van der Waals surface area contributed by atoms with Crippen LogP contribution in [0.5, 0.6) is 6.01 Å². The summed E-state index contributed by atoms with van der Waals surface area (Å²) in [6.45, 7) is 5.69. The molecule has 0 radical (unpaired) electrons. The van der Waals surface area contributed by atoms with Crippen molar-refractivity contribution in [2.24, 2.45) is 0 Å². The Bertz CT molecular complexity index is 1320. The number of carbonyl (C=O) groups excluding carboxylic acids is 1. The summed E-state index contributed by atoms with van der Waals surface area (Å²) in [5.41, 5.74) is 2.59. The predicted molar refractivity (Wildman–Crippen MR) is 145 cm³/mol. The normalized spacial score (nSPS) is 17.4. The van der Waals surface area contributed by atoms with Gasteiger partial charge in [0.25, 0.3) is 0 Å². The van der Waals surface area contributed by atoms with Crippen molar-refractivity contribution in [3.63, 3.8) is 0 Å². The molecule has 2 aliphatic rings. The topological polar surface area (TPSA) is 92.3 Å². The molecule has 3 aromatic rings. The van der Waals surface area contributed by atoms with Crippen LogP contribution in [0.2, 0.25) is 0 Å². The highest BCUT2D eigenvalue weighted by Crippen LogP contribution is 2.38. The van der Waals surface area contributed by atoms with Gasteiger partial charge in [-0.2, -0.15) is 9.97 Å². The molecule has 1 fully saturated rings. The van der Waals surface area contributed by atoms with Gasteiger partial charge in [0.1, 0.15) is 23.9 Å². The molecule has 1 saturated heterocycles. The molecule has 10 heteroatoms. The number of halogens is 1. The van der Waals surface area contributed by atoms with Gasteiger partial charge in [0.05, 0.1) is 5.39 Å². The Morgan fingerprint density at radius 2 is 2.19 bits per heavy atom. The molecule has 2 N–H and O–H groups in total. The van der Waals surface area contributed by atoms with Gasteiger partial charge in [-0.15, -0.1) is 11.8 Å². The Labute approximate surface area is 220 Å². The number of hydrogen-bond acceptors (Lipinski definition) is 8. The molecule has 0 spiro atoms. The van der Waals surface area contributed by atoms with E-state index in [9.17, 15) is 4.79 Å². The van der Waals surface area contributed by atoms with E-state index in [1.807, 2.05) is 12.1 Å². The lowest BCUT2D eigenvalue weighted by atomic mass is 9.99. The van der Waals surface area contributed by atoms with Crippen molar-refractivity contribution in [3.8, 4) is 17.3 Å². The van der Waals surface area contributed by atoms with E-state index in [2.05, 4.69) is 45.2 Å². The zero-order valence-corrected chi connectivity index (χ0v) is 21.7. The van der Waals surface area contributed by atoms with Crippen LogP contribution in [0, 0.1) is 5.82 Å². The Balaban J connectivity index is 1.49. The van der Waals surface area contributed by atoms with Crippen molar-refractivity contribution in [3.05, 3.63) is 48.3 Å². The van der Waals surface area contributed by atoms with Gasteiger partial charge < -0.3 is 20.3 Å². The number of hydrogen-bond donors (Lipinski definition) is 2. The summed E-state index contributed by atoms with van der Waals surface area (Å²) < 4.78 is 21.5. The minimum absolute atomic E-state index is 0.195. The van der Waals surface area contributed by atoms with Gasteiger partial charge in [0.15, 0.2) is 5.65 Å². The highest BCUT2D eigenvalue weighted by atomic mass is 32.2. The van der Waals surface area contributed by atoms with Gasteiger partial charge in [-0.05, 0) is 68.8 Å². The van der Waals surface area contributed by atoms with Crippen LogP contribution in [0.1, 0.15) is 24.8 Å². The number of aromatic nitrogens is 3. The first kappa shape index (κ1) is 25.4. The molecule has 4 heterocycles. The van der Waals surface area contributed by atoms with Crippen LogP contribution in [0.3, 0.4) is 0 Å². The standard InChI is InChI=1S/C27H31FN6O2S/c1-3-23(35)29-11-12-30-25-20-15-21(28)24(19-8-4-10-22-18(19)9-6-14-37-22)31-26(20)33-27(32-25)36-16-17-7-5-13-34(17)2/h3-4,8,10,15,17H,1,5-7,9,11-14,16H2,2H3,(H,29,35)(H,30,31,32,33)/t17-/m0/s1. The largest absolute Gasteiger partial charge is 0.462 e. The van der Waals surface area contributed by atoms with Crippen molar-refractivity contribution in [2.75, 3.05) is 44.4 Å². The van der Waals surface area contributed by atoms with E-state index in [1.54, 1.807) is 11.8 Å². The first-order chi connectivity index (χ1) is 18.0. The maximum atomic E-state index is 15.5. The first-order valence-electron chi connectivity index (χ1n) is 12.6. The van der Waals surface area contributed by atoms with Crippen LogP contribution in [-0.4, -0.2) is 70.8 Å². The number of carbonyl (C=O) groups is 1. The number of likely N-dealkylation sites (N-methyl/N-ethyl adjacent to an activating group) is 1. The lowest BCUT2D eigenvalue weighted by Crippen LogP contribution is -2.31. The maximum Gasteiger partial charge on any atom is 0.320 e. The lowest BCUT2D eigenvalue weighted by molar-refractivity contribution is -0.116. The third-order valence-electron chi connectivity index (χ3n) is 6.82. The van der Waals surface area contributed by atoms with E-state index >= 15 is 4.39 Å². The monoisotopic (exact) mass is 522 g/mol. The summed E-state index contributed by atoms with van der Waals surface area (Å²) in [5.74, 6) is 0.789. The summed E-state index contributed by atoms with van der Waals surface area (Å²) in [6, 6.07) is 7.90. The van der Waals surface area contributed by atoms with Gasteiger partial charge in [0.2, 0.25) is 5.91 Å². The van der Waals surface area contributed by atoms with Gasteiger partial charge >= 0.3 is 6.01 Å². The average Bonchev–Trinajstić information content (AvgIpc) is 3.33. The molecule has 1 atom stereocenters. The maximum absolute atomic E-state index is 15.5. The average molecular weight is 523 g/mol. The minimum atomic E-state index is -0.427. The molecule has 0 bridgehead atoms. The first-order valence-corrected chi connectivity index (χ1v) is 13.6.